The van der Waals surface area contributed by atoms with Crippen LogP contribution >= 0.6 is 0 Å². The van der Waals surface area contributed by atoms with Gasteiger partial charge >= 0.3 is 0 Å². The second-order valence-corrected chi connectivity index (χ2v) is 3.46. The van der Waals surface area contributed by atoms with Crippen LogP contribution in [0, 0.1) is 11.8 Å². The van der Waals surface area contributed by atoms with Crippen LogP contribution in [-0.4, -0.2) is 24.8 Å². The van der Waals surface area contributed by atoms with Crippen molar-refractivity contribution in [2.45, 2.75) is 19.3 Å². The van der Waals surface area contributed by atoms with Gasteiger partial charge in [0.15, 0.2) is 0 Å². The summed E-state index contributed by atoms with van der Waals surface area (Å²) in [5, 5.41) is 6.07. The van der Waals surface area contributed by atoms with Crippen LogP contribution in [0.25, 0.3) is 0 Å². The fraction of sp³-hybridized carbons (Fsp3) is 0.875. The van der Waals surface area contributed by atoms with Crippen molar-refractivity contribution in [2.24, 2.45) is 16.9 Å². The van der Waals surface area contributed by atoms with E-state index >= 15 is 0 Å². The Morgan fingerprint density at radius 3 is 2.30 bits per heavy atom. The van der Waals surface area contributed by atoms with Gasteiger partial charge in [-0.25, -0.2) is 0 Å². The molecule has 2 unspecified atom stereocenters. The van der Waals surface area contributed by atoms with Gasteiger partial charge in [0.1, 0.15) is 0 Å². The molecule has 10 heavy (non-hydrogen) atoms. The molecule has 1 saturated carbocycles. The zero-order valence-electron chi connectivity index (χ0n) is 6.29. The van der Waals surface area contributed by atoms with Crippen molar-refractivity contribution >= 4 is 6.72 Å². The Morgan fingerprint density at radius 2 is 1.80 bits per heavy atom. The first-order chi connectivity index (χ1) is 4.90. The van der Waals surface area contributed by atoms with Crippen LogP contribution in [0.1, 0.15) is 19.3 Å². The molecule has 1 aliphatic heterocycles. The summed E-state index contributed by atoms with van der Waals surface area (Å²) in [5.41, 5.74) is 0. The molecule has 1 saturated heterocycles. The monoisotopic (exact) mass is 138 g/mol. The highest BCUT2D eigenvalue weighted by Gasteiger charge is 2.35. The molecule has 2 aliphatic rings. The van der Waals surface area contributed by atoms with Crippen molar-refractivity contribution in [3.05, 3.63) is 0 Å². The highest BCUT2D eigenvalue weighted by Crippen LogP contribution is 2.37. The quantitative estimate of drug-likeness (QED) is 0.499. The zero-order chi connectivity index (χ0) is 6.97. The number of hydrogen-bond acceptors (Lipinski definition) is 2. The van der Waals surface area contributed by atoms with Gasteiger partial charge in [-0.1, -0.05) is 6.42 Å². The molecule has 56 valence electrons. The van der Waals surface area contributed by atoms with Gasteiger partial charge < -0.3 is 0 Å². The average molecular weight is 138 g/mol. The molecule has 2 nitrogen and oxygen atoms in total. The molecule has 2 heteroatoms. The number of rotatable bonds is 1. The van der Waals surface area contributed by atoms with Gasteiger partial charge in [-0.2, -0.15) is 5.10 Å². The lowest BCUT2D eigenvalue weighted by molar-refractivity contribution is 0.332. The maximum Gasteiger partial charge on any atom is 0.0391 e. The van der Waals surface area contributed by atoms with E-state index in [2.05, 4.69) is 16.8 Å². The maximum atomic E-state index is 3.95. The fourth-order valence-corrected chi connectivity index (χ4v) is 2.33. The Hall–Kier alpha value is -0.530. The minimum Gasteiger partial charge on any atom is -0.297 e. The summed E-state index contributed by atoms with van der Waals surface area (Å²) in [6.07, 6.45) is 4.30. The molecule has 0 bridgehead atoms. The number of hydrogen-bond donors (Lipinski definition) is 0. The Bertz CT molecular complexity index is 132. The van der Waals surface area contributed by atoms with E-state index in [0.29, 0.717) is 0 Å². The third-order valence-corrected chi connectivity index (χ3v) is 2.91. The minimum atomic E-state index is 0.950. The van der Waals surface area contributed by atoms with E-state index in [-0.39, 0.29) is 0 Å². The summed E-state index contributed by atoms with van der Waals surface area (Å²) in [7, 11) is 0. The molecule has 2 atom stereocenters. The summed E-state index contributed by atoms with van der Waals surface area (Å²) in [6.45, 7) is 5.90. The van der Waals surface area contributed by atoms with E-state index in [1.165, 1.54) is 32.4 Å². The van der Waals surface area contributed by atoms with Gasteiger partial charge in [0.05, 0.1) is 0 Å². The van der Waals surface area contributed by atoms with Crippen LogP contribution < -0.4 is 0 Å². The molecule has 1 aliphatic carbocycles. The molecule has 0 aromatic rings. The van der Waals surface area contributed by atoms with E-state index in [9.17, 15) is 0 Å². The van der Waals surface area contributed by atoms with Crippen LogP contribution in [0.2, 0.25) is 0 Å². The first-order valence-electron chi connectivity index (χ1n) is 4.12. The topological polar surface area (TPSA) is 15.6 Å². The number of nitrogens with zero attached hydrogens (tertiary/aromatic N) is 2. The van der Waals surface area contributed by atoms with Crippen LogP contribution in [0.5, 0.6) is 0 Å². The van der Waals surface area contributed by atoms with Crippen molar-refractivity contribution in [2.75, 3.05) is 13.1 Å². The van der Waals surface area contributed by atoms with Crippen molar-refractivity contribution in [3.63, 3.8) is 0 Å². The standard InChI is InChI=1S/C8H14N2/c1-9-10-5-7-3-2-4-8(7)6-10/h7-8H,1-6H2. The summed E-state index contributed by atoms with van der Waals surface area (Å²) >= 11 is 0. The summed E-state index contributed by atoms with van der Waals surface area (Å²) in [4.78, 5) is 0. The SMILES string of the molecule is C=NN1CC2CCCC2C1. The molecule has 0 spiro atoms. The molecule has 0 aromatic carbocycles. The average Bonchev–Trinajstić information content (AvgIpc) is 2.42. The lowest BCUT2D eigenvalue weighted by Gasteiger charge is -2.10. The normalized spacial score (nSPS) is 38.2. The van der Waals surface area contributed by atoms with Crippen molar-refractivity contribution in [1.29, 1.82) is 0 Å². The van der Waals surface area contributed by atoms with Crippen LogP contribution in [-0.2, 0) is 0 Å². The Morgan fingerprint density at radius 1 is 1.20 bits per heavy atom. The molecule has 2 rings (SSSR count). The van der Waals surface area contributed by atoms with Crippen molar-refractivity contribution in [1.82, 2.24) is 5.01 Å². The van der Waals surface area contributed by atoms with E-state index in [0.717, 1.165) is 11.8 Å². The molecule has 0 radical (unpaired) electrons. The molecule has 0 aromatic heterocycles. The predicted octanol–water partition coefficient (Wildman–Crippen LogP) is 1.33. The van der Waals surface area contributed by atoms with Crippen LogP contribution in [0.15, 0.2) is 5.10 Å². The summed E-state index contributed by atoms with van der Waals surface area (Å²) in [5.74, 6) is 1.90. The number of fused-ring (bicyclic) bond motifs is 1. The maximum absolute atomic E-state index is 3.95. The Balaban J connectivity index is 1.99. The number of hydrazone groups is 1. The second-order valence-electron chi connectivity index (χ2n) is 3.46. The minimum absolute atomic E-state index is 0.950. The first-order valence-corrected chi connectivity index (χ1v) is 4.12. The highest BCUT2D eigenvalue weighted by molar-refractivity contribution is 5.22. The van der Waals surface area contributed by atoms with Gasteiger partial charge in [-0.05, 0) is 24.7 Å². The smallest absolute Gasteiger partial charge is 0.0391 e. The zero-order valence-corrected chi connectivity index (χ0v) is 6.29. The third kappa shape index (κ3) is 0.825. The molecule has 1 heterocycles. The van der Waals surface area contributed by atoms with Crippen LogP contribution in [0.3, 0.4) is 0 Å². The van der Waals surface area contributed by atoms with E-state index in [1.807, 2.05) is 0 Å². The van der Waals surface area contributed by atoms with Gasteiger partial charge in [0, 0.05) is 19.8 Å². The lowest BCUT2D eigenvalue weighted by atomic mass is 10.0. The fourth-order valence-electron chi connectivity index (χ4n) is 2.33. The highest BCUT2D eigenvalue weighted by atomic mass is 15.5. The van der Waals surface area contributed by atoms with E-state index in [4.69, 9.17) is 0 Å². The predicted molar refractivity (Wildman–Crippen MR) is 42.0 cm³/mol. The largest absolute Gasteiger partial charge is 0.297 e. The van der Waals surface area contributed by atoms with Crippen molar-refractivity contribution < 1.29 is 0 Å². The van der Waals surface area contributed by atoms with Crippen molar-refractivity contribution in [3.8, 4) is 0 Å². The van der Waals surface area contributed by atoms with Gasteiger partial charge in [0.25, 0.3) is 0 Å². The van der Waals surface area contributed by atoms with E-state index < -0.39 is 0 Å². The summed E-state index contributed by atoms with van der Waals surface area (Å²) < 4.78 is 0. The van der Waals surface area contributed by atoms with Gasteiger partial charge in [0.2, 0.25) is 0 Å². The van der Waals surface area contributed by atoms with Gasteiger partial charge in [-0.15, -0.1) is 0 Å². The Labute approximate surface area is 61.9 Å². The first kappa shape index (κ1) is 6.20. The molecular formula is C8H14N2. The molecule has 2 fully saturated rings. The lowest BCUT2D eigenvalue weighted by Crippen LogP contribution is -2.13. The Kier molecular flexibility index (Phi) is 1.40. The molecule has 0 N–H and O–H groups in total. The van der Waals surface area contributed by atoms with E-state index in [1.54, 1.807) is 0 Å². The molecular weight excluding hydrogens is 124 g/mol. The molecule has 0 amide bonds. The third-order valence-electron chi connectivity index (χ3n) is 2.91. The van der Waals surface area contributed by atoms with Crippen LogP contribution in [0.4, 0.5) is 0 Å². The van der Waals surface area contributed by atoms with Gasteiger partial charge in [-0.3, -0.25) is 5.01 Å². The summed E-state index contributed by atoms with van der Waals surface area (Å²) in [6, 6.07) is 0. The second kappa shape index (κ2) is 2.26.